The van der Waals surface area contributed by atoms with E-state index in [0.717, 1.165) is 0 Å². The maximum absolute atomic E-state index is 12.2. The van der Waals surface area contributed by atoms with E-state index < -0.39 is 4.92 Å². The van der Waals surface area contributed by atoms with Crippen molar-refractivity contribution < 1.29 is 14.4 Å². The third-order valence-corrected chi connectivity index (χ3v) is 3.36. The summed E-state index contributed by atoms with van der Waals surface area (Å²) in [5, 5.41) is 11.0. The highest BCUT2D eigenvalue weighted by molar-refractivity contribution is 5.46. The molecule has 0 atom stereocenters. The molecule has 25 heavy (non-hydrogen) atoms. The third kappa shape index (κ3) is 3.25. The van der Waals surface area contributed by atoms with Crippen LogP contribution in [-0.4, -0.2) is 25.9 Å². The van der Waals surface area contributed by atoms with Crippen molar-refractivity contribution in [1.29, 1.82) is 0 Å². The van der Waals surface area contributed by atoms with Gasteiger partial charge in [-0.3, -0.25) is 9.20 Å². The van der Waals surface area contributed by atoms with Crippen molar-refractivity contribution in [3.63, 3.8) is 0 Å². The van der Waals surface area contributed by atoms with Gasteiger partial charge in [0.1, 0.15) is 11.4 Å². The van der Waals surface area contributed by atoms with Gasteiger partial charge >= 0.3 is 5.82 Å². The fraction of sp³-hybridized carbons (Fsp3) is 0.188. The van der Waals surface area contributed by atoms with Gasteiger partial charge in [-0.15, -0.1) is 0 Å². The predicted molar refractivity (Wildman–Crippen MR) is 88.3 cm³/mol. The Hall–Kier alpha value is -3.49. The van der Waals surface area contributed by atoms with Crippen LogP contribution in [0.25, 0.3) is 5.65 Å². The Kier molecular flexibility index (Phi) is 4.29. The van der Waals surface area contributed by atoms with E-state index in [1.807, 2.05) is 0 Å². The third-order valence-electron chi connectivity index (χ3n) is 3.36. The van der Waals surface area contributed by atoms with Gasteiger partial charge in [-0.25, -0.2) is 4.98 Å². The van der Waals surface area contributed by atoms with Crippen molar-refractivity contribution in [2.45, 2.75) is 13.8 Å². The molecule has 9 nitrogen and oxygen atoms in total. The molecule has 0 amide bonds. The molecule has 3 heterocycles. The average molecular weight is 342 g/mol. The molecule has 0 saturated carbocycles. The molecular weight excluding hydrogens is 328 g/mol. The number of nitrogens with zero attached hydrogens (tertiary/aromatic N) is 4. The lowest BCUT2D eigenvalue weighted by Crippen LogP contribution is -2.16. The molecule has 0 aliphatic rings. The van der Waals surface area contributed by atoms with Crippen molar-refractivity contribution in [1.82, 2.24) is 14.4 Å². The minimum atomic E-state index is -0.626. The molecule has 0 fully saturated rings. The SMILES string of the molecule is CCOc1cc(Oc2ccc3ncc(C)c(=O)n3c2)cnc1[N+](=O)[O-]. The summed E-state index contributed by atoms with van der Waals surface area (Å²) in [6.07, 6.45) is 4.23. The second-order valence-electron chi connectivity index (χ2n) is 5.12. The van der Waals surface area contributed by atoms with Crippen LogP contribution in [0.5, 0.6) is 17.2 Å². The van der Waals surface area contributed by atoms with E-state index in [1.54, 1.807) is 26.0 Å². The first-order valence-electron chi connectivity index (χ1n) is 7.42. The van der Waals surface area contributed by atoms with Gasteiger partial charge in [-0.05, 0) is 35.9 Å². The molecule has 3 aromatic rings. The van der Waals surface area contributed by atoms with Crippen LogP contribution in [0.4, 0.5) is 5.82 Å². The van der Waals surface area contributed by atoms with Gasteiger partial charge in [-0.2, -0.15) is 0 Å². The van der Waals surface area contributed by atoms with E-state index in [-0.39, 0.29) is 29.5 Å². The van der Waals surface area contributed by atoms with Gasteiger partial charge in [0.05, 0.1) is 12.8 Å². The normalized spacial score (nSPS) is 10.6. The zero-order valence-corrected chi connectivity index (χ0v) is 13.5. The average Bonchev–Trinajstić information content (AvgIpc) is 2.59. The van der Waals surface area contributed by atoms with Crippen molar-refractivity contribution in [2.24, 2.45) is 0 Å². The summed E-state index contributed by atoms with van der Waals surface area (Å²) in [5.41, 5.74) is 0.789. The number of ether oxygens (including phenoxy) is 2. The Morgan fingerprint density at radius 2 is 2.04 bits per heavy atom. The molecule has 3 aromatic heterocycles. The number of fused-ring (bicyclic) bond motifs is 1. The maximum Gasteiger partial charge on any atom is 0.406 e. The summed E-state index contributed by atoms with van der Waals surface area (Å²) < 4.78 is 12.3. The van der Waals surface area contributed by atoms with E-state index in [4.69, 9.17) is 9.47 Å². The number of aryl methyl sites for hydroxylation is 1. The summed E-state index contributed by atoms with van der Waals surface area (Å²) in [4.78, 5) is 30.4. The van der Waals surface area contributed by atoms with Crippen molar-refractivity contribution in [3.05, 3.63) is 62.8 Å². The Bertz CT molecular complexity index is 1020. The molecule has 0 bridgehead atoms. The van der Waals surface area contributed by atoms with Crippen molar-refractivity contribution in [3.8, 4) is 17.2 Å². The molecule has 128 valence electrons. The number of pyridine rings is 2. The molecule has 0 aliphatic carbocycles. The van der Waals surface area contributed by atoms with E-state index in [9.17, 15) is 14.9 Å². The molecule has 0 N–H and O–H groups in total. The van der Waals surface area contributed by atoms with Gasteiger partial charge in [0.2, 0.25) is 5.75 Å². The van der Waals surface area contributed by atoms with Gasteiger partial charge in [0, 0.05) is 17.8 Å². The number of hydrogen-bond donors (Lipinski definition) is 0. The van der Waals surface area contributed by atoms with Gasteiger partial charge in [0.25, 0.3) is 5.56 Å². The highest BCUT2D eigenvalue weighted by Crippen LogP contribution is 2.30. The quantitative estimate of drug-likeness (QED) is 0.517. The van der Waals surface area contributed by atoms with Crippen molar-refractivity contribution in [2.75, 3.05) is 6.61 Å². The number of nitro groups is 1. The second kappa shape index (κ2) is 6.56. The molecule has 0 unspecified atom stereocenters. The van der Waals surface area contributed by atoms with Crippen LogP contribution in [0, 0.1) is 17.0 Å². The van der Waals surface area contributed by atoms with E-state index >= 15 is 0 Å². The maximum atomic E-state index is 12.2. The van der Waals surface area contributed by atoms with E-state index in [1.165, 1.54) is 29.1 Å². The first-order chi connectivity index (χ1) is 12.0. The number of aromatic nitrogens is 3. The Labute approximate surface area is 141 Å². The zero-order valence-electron chi connectivity index (χ0n) is 13.5. The molecule has 0 aliphatic heterocycles. The summed E-state index contributed by atoms with van der Waals surface area (Å²) in [7, 11) is 0. The molecule has 0 saturated heterocycles. The molecule has 3 rings (SSSR count). The molecule has 0 spiro atoms. The van der Waals surface area contributed by atoms with Crippen LogP contribution in [-0.2, 0) is 0 Å². The first kappa shape index (κ1) is 16.4. The lowest BCUT2D eigenvalue weighted by atomic mass is 10.3. The summed E-state index contributed by atoms with van der Waals surface area (Å²) in [6, 6.07) is 4.66. The summed E-state index contributed by atoms with van der Waals surface area (Å²) in [6.45, 7) is 3.63. The topological polar surface area (TPSA) is 109 Å². The van der Waals surface area contributed by atoms with Crippen LogP contribution < -0.4 is 15.0 Å². The smallest absolute Gasteiger partial charge is 0.406 e. The minimum absolute atomic E-state index is 0.0143. The fourth-order valence-corrected chi connectivity index (χ4v) is 2.22. The van der Waals surface area contributed by atoms with Gasteiger partial charge in [0.15, 0.2) is 11.9 Å². The van der Waals surface area contributed by atoms with Crippen molar-refractivity contribution >= 4 is 11.5 Å². The monoisotopic (exact) mass is 342 g/mol. The molecule has 0 aromatic carbocycles. The van der Waals surface area contributed by atoms with E-state index in [2.05, 4.69) is 9.97 Å². The number of rotatable bonds is 5. The molecule has 0 radical (unpaired) electrons. The lowest BCUT2D eigenvalue weighted by Gasteiger charge is -2.08. The fourth-order valence-electron chi connectivity index (χ4n) is 2.22. The Morgan fingerprint density at radius 1 is 1.24 bits per heavy atom. The summed E-state index contributed by atoms with van der Waals surface area (Å²) in [5.74, 6) is 0.242. The largest absolute Gasteiger partial charge is 0.486 e. The second-order valence-corrected chi connectivity index (χ2v) is 5.12. The van der Waals surface area contributed by atoms with Crippen LogP contribution in [0.2, 0.25) is 0 Å². The lowest BCUT2D eigenvalue weighted by molar-refractivity contribution is -0.390. The zero-order chi connectivity index (χ0) is 18.0. The van der Waals surface area contributed by atoms with Gasteiger partial charge in [-0.1, -0.05) is 0 Å². The van der Waals surface area contributed by atoms with Crippen LogP contribution in [0.3, 0.4) is 0 Å². The van der Waals surface area contributed by atoms with Crippen LogP contribution in [0.15, 0.2) is 41.6 Å². The molecular formula is C16H14N4O5. The van der Waals surface area contributed by atoms with Gasteiger partial charge < -0.3 is 19.6 Å². The first-order valence-corrected chi connectivity index (χ1v) is 7.42. The predicted octanol–water partition coefficient (Wildman–Crippen LogP) is 2.50. The Morgan fingerprint density at radius 3 is 2.76 bits per heavy atom. The highest BCUT2D eigenvalue weighted by atomic mass is 16.6. The highest BCUT2D eigenvalue weighted by Gasteiger charge is 2.18. The Balaban J connectivity index is 1.98. The summed E-state index contributed by atoms with van der Waals surface area (Å²) >= 11 is 0. The van der Waals surface area contributed by atoms with Crippen LogP contribution >= 0.6 is 0 Å². The van der Waals surface area contributed by atoms with Crippen LogP contribution in [0.1, 0.15) is 12.5 Å². The standard InChI is InChI=1S/C16H14N4O5/c1-3-24-13-6-12(8-18-15(13)20(22)23)25-11-4-5-14-17-7-10(2)16(21)19(14)9-11/h4-9H,3H2,1-2H3. The molecule has 9 heteroatoms. The number of hydrogen-bond acceptors (Lipinski definition) is 7. The minimum Gasteiger partial charge on any atom is -0.486 e. The van der Waals surface area contributed by atoms with E-state index in [0.29, 0.717) is 17.0 Å².